The number of aryl methyl sites for hydroxylation is 1. The van der Waals surface area contributed by atoms with Gasteiger partial charge in [-0.25, -0.2) is 4.98 Å². The normalized spacial score (nSPS) is 15.3. The van der Waals surface area contributed by atoms with Crippen LogP contribution in [0.2, 0.25) is 0 Å². The van der Waals surface area contributed by atoms with Gasteiger partial charge in [-0.2, -0.15) is 13.2 Å². The fourth-order valence-corrected chi connectivity index (χ4v) is 2.45. The topological polar surface area (TPSA) is 38.0 Å². The fourth-order valence-electron chi connectivity index (χ4n) is 2.45. The summed E-state index contributed by atoms with van der Waals surface area (Å²) in [5, 5.41) is 10.3. The monoisotopic (exact) mass is 300 g/mol. The minimum absolute atomic E-state index is 0.0829. The van der Waals surface area contributed by atoms with Gasteiger partial charge in [-0.15, -0.1) is 0 Å². The van der Waals surface area contributed by atoms with Crippen LogP contribution in [0.5, 0.6) is 0 Å². The Hall–Kier alpha value is -1.56. The van der Waals surface area contributed by atoms with E-state index in [9.17, 15) is 18.3 Å². The first kappa shape index (κ1) is 15.8. The molecule has 1 heterocycles. The molecule has 1 atom stereocenters. The lowest BCUT2D eigenvalue weighted by molar-refractivity contribution is -0.137. The zero-order valence-corrected chi connectivity index (χ0v) is 12.1. The second-order valence-corrected chi connectivity index (χ2v) is 5.72. The number of alkyl halides is 3. The van der Waals surface area contributed by atoms with E-state index in [0.717, 1.165) is 11.0 Å². The van der Waals surface area contributed by atoms with Crippen LogP contribution in [0.15, 0.2) is 24.3 Å². The van der Waals surface area contributed by atoms with E-state index in [1.165, 1.54) is 0 Å². The maximum atomic E-state index is 12.2. The molecule has 2 rings (SSSR count). The van der Waals surface area contributed by atoms with Gasteiger partial charge in [0.2, 0.25) is 0 Å². The molecule has 116 valence electrons. The van der Waals surface area contributed by atoms with Crippen molar-refractivity contribution in [2.24, 2.45) is 7.05 Å². The van der Waals surface area contributed by atoms with Gasteiger partial charge in [-0.1, -0.05) is 12.1 Å². The Morgan fingerprint density at radius 3 is 2.48 bits per heavy atom. The van der Waals surface area contributed by atoms with Crippen LogP contribution in [0.3, 0.4) is 0 Å². The lowest BCUT2D eigenvalue weighted by Crippen LogP contribution is -2.29. The van der Waals surface area contributed by atoms with Crippen molar-refractivity contribution >= 4 is 11.0 Å². The Morgan fingerprint density at radius 2 is 1.86 bits per heavy atom. The van der Waals surface area contributed by atoms with Crippen LogP contribution in [0, 0.1) is 0 Å². The van der Waals surface area contributed by atoms with E-state index in [0.29, 0.717) is 5.82 Å². The van der Waals surface area contributed by atoms with Gasteiger partial charge >= 0.3 is 6.18 Å². The first-order valence-electron chi connectivity index (χ1n) is 6.87. The van der Waals surface area contributed by atoms with Gasteiger partial charge in [0.15, 0.2) is 0 Å². The number of fused-ring (bicyclic) bond motifs is 1. The Kier molecular flexibility index (Phi) is 4.27. The van der Waals surface area contributed by atoms with Gasteiger partial charge in [0.25, 0.3) is 0 Å². The van der Waals surface area contributed by atoms with Crippen LogP contribution < -0.4 is 0 Å². The van der Waals surface area contributed by atoms with Crippen molar-refractivity contribution in [1.29, 1.82) is 0 Å². The van der Waals surface area contributed by atoms with E-state index in [4.69, 9.17) is 0 Å². The van der Waals surface area contributed by atoms with Crippen molar-refractivity contribution in [1.82, 2.24) is 9.55 Å². The first-order chi connectivity index (χ1) is 9.68. The number of benzene rings is 1. The van der Waals surface area contributed by atoms with Gasteiger partial charge in [0.1, 0.15) is 5.82 Å². The van der Waals surface area contributed by atoms with Crippen LogP contribution in [-0.2, 0) is 13.5 Å². The number of aromatic nitrogens is 2. The number of para-hydroxylation sites is 2. The highest BCUT2D eigenvalue weighted by Crippen LogP contribution is 2.27. The fraction of sp³-hybridized carbons (Fsp3) is 0.533. The number of halogens is 3. The van der Waals surface area contributed by atoms with Crippen LogP contribution in [0.1, 0.15) is 32.0 Å². The van der Waals surface area contributed by atoms with Crippen LogP contribution in [0.4, 0.5) is 13.2 Å². The maximum absolute atomic E-state index is 12.2. The summed E-state index contributed by atoms with van der Waals surface area (Å²) in [5.74, 6) is 0.674. The molecule has 6 heteroatoms. The summed E-state index contributed by atoms with van der Waals surface area (Å²) in [7, 11) is 1.84. The van der Waals surface area contributed by atoms with E-state index in [-0.39, 0.29) is 19.3 Å². The summed E-state index contributed by atoms with van der Waals surface area (Å²) < 4.78 is 38.4. The molecule has 1 unspecified atom stereocenters. The zero-order valence-electron chi connectivity index (χ0n) is 12.1. The van der Waals surface area contributed by atoms with Gasteiger partial charge in [-0.3, -0.25) is 0 Å². The molecule has 0 saturated carbocycles. The third-order valence-electron chi connectivity index (χ3n) is 3.59. The quantitative estimate of drug-likeness (QED) is 0.916. The summed E-state index contributed by atoms with van der Waals surface area (Å²) in [6.45, 7) is 1.56. The average Bonchev–Trinajstić information content (AvgIpc) is 2.64. The molecule has 0 fully saturated rings. The molecule has 0 spiro atoms. The Bertz CT molecular complexity index is 617. The highest BCUT2D eigenvalue weighted by Gasteiger charge is 2.30. The molecule has 1 N–H and O–H groups in total. The molecular weight excluding hydrogens is 281 g/mol. The summed E-state index contributed by atoms with van der Waals surface area (Å²) >= 11 is 0. The van der Waals surface area contributed by atoms with Crippen LogP contribution in [-0.4, -0.2) is 26.4 Å². The van der Waals surface area contributed by atoms with Gasteiger partial charge in [-0.05, 0) is 31.9 Å². The summed E-state index contributed by atoms with van der Waals surface area (Å²) in [6.07, 6.45) is -4.80. The third-order valence-corrected chi connectivity index (χ3v) is 3.59. The maximum Gasteiger partial charge on any atom is 0.389 e. The standard InChI is InChI=1S/C15H19F3N2O/c1-14(21,8-5-9-15(16,17)18)10-13-19-11-6-3-4-7-12(11)20(13)2/h3-4,6-7,21H,5,8-10H2,1-2H3. The van der Waals surface area contributed by atoms with Crippen molar-refractivity contribution in [2.45, 2.75) is 44.4 Å². The van der Waals surface area contributed by atoms with E-state index in [1.807, 2.05) is 35.9 Å². The third kappa shape index (κ3) is 4.20. The molecule has 2 aromatic rings. The Morgan fingerprint density at radius 1 is 1.19 bits per heavy atom. The number of hydrogen-bond acceptors (Lipinski definition) is 2. The second kappa shape index (κ2) is 5.67. The molecular formula is C15H19F3N2O. The molecule has 0 amide bonds. The number of rotatable bonds is 5. The minimum atomic E-state index is -4.17. The van der Waals surface area contributed by atoms with Crippen molar-refractivity contribution in [3.8, 4) is 0 Å². The smallest absolute Gasteiger partial charge is 0.389 e. The van der Waals surface area contributed by atoms with E-state index < -0.39 is 18.2 Å². The van der Waals surface area contributed by atoms with Gasteiger partial charge < -0.3 is 9.67 Å². The van der Waals surface area contributed by atoms with Gasteiger partial charge in [0, 0.05) is 19.9 Å². The molecule has 0 radical (unpaired) electrons. The molecule has 0 bridgehead atoms. The van der Waals surface area contributed by atoms with Crippen molar-refractivity contribution < 1.29 is 18.3 Å². The largest absolute Gasteiger partial charge is 0.390 e. The lowest BCUT2D eigenvalue weighted by Gasteiger charge is -2.23. The van der Waals surface area contributed by atoms with E-state index in [1.54, 1.807) is 6.92 Å². The lowest BCUT2D eigenvalue weighted by atomic mass is 9.95. The predicted molar refractivity (Wildman–Crippen MR) is 74.9 cm³/mol. The molecule has 0 aliphatic rings. The number of hydrogen-bond donors (Lipinski definition) is 1. The first-order valence-corrected chi connectivity index (χ1v) is 6.87. The number of aliphatic hydroxyl groups is 1. The van der Waals surface area contributed by atoms with E-state index >= 15 is 0 Å². The van der Waals surface area contributed by atoms with Crippen LogP contribution >= 0.6 is 0 Å². The van der Waals surface area contributed by atoms with Crippen molar-refractivity contribution in [3.63, 3.8) is 0 Å². The van der Waals surface area contributed by atoms with E-state index in [2.05, 4.69) is 4.98 Å². The summed E-state index contributed by atoms with van der Waals surface area (Å²) in [6, 6.07) is 7.57. The van der Waals surface area contributed by atoms with Crippen LogP contribution in [0.25, 0.3) is 11.0 Å². The molecule has 0 aliphatic carbocycles. The Balaban J connectivity index is 2.06. The molecule has 3 nitrogen and oxygen atoms in total. The minimum Gasteiger partial charge on any atom is -0.390 e. The Labute approximate surface area is 121 Å². The SMILES string of the molecule is Cn1c(CC(C)(O)CCCC(F)(F)F)nc2ccccc21. The predicted octanol–water partition coefficient (Wildman–Crippen LogP) is 3.60. The molecule has 1 aromatic heterocycles. The summed E-state index contributed by atoms with van der Waals surface area (Å²) in [5.41, 5.74) is 0.570. The highest BCUT2D eigenvalue weighted by molar-refractivity contribution is 5.75. The zero-order chi connectivity index (χ0) is 15.7. The average molecular weight is 300 g/mol. The van der Waals surface area contributed by atoms with Crippen molar-refractivity contribution in [2.75, 3.05) is 0 Å². The van der Waals surface area contributed by atoms with Crippen molar-refractivity contribution in [3.05, 3.63) is 30.1 Å². The molecule has 1 aromatic carbocycles. The number of nitrogens with zero attached hydrogens (tertiary/aromatic N) is 2. The van der Waals surface area contributed by atoms with Gasteiger partial charge in [0.05, 0.1) is 16.6 Å². The number of imidazole rings is 1. The molecule has 0 aliphatic heterocycles. The second-order valence-electron chi connectivity index (χ2n) is 5.72. The summed E-state index contributed by atoms with van der Waals surface area (Å²) in [4.78, 5) is 4.44. The molecule has 0 saturated heterocycles. The molecule has 21 heavy (non-hydrogen) atoms. The highest BCUT2D eigenvalue weighted by atomic mass is 19.4.